The van der Waals surface area contributed by atoms with Crippen LogP contribution in [0.15, 0.2) is 0 Å². The van der Waals surface area contributed by atoms with E-state index in [4.69, 9.17) is 0 Å². The summed E-state index contributed by atoms with van der Waals surface area (Å²) in [4.78, 5) is 21.9. The van der Waals surface area contributed by atoms with Crippen molar-refractivity contribution in [3.05, 3.63) is 0 Å². The van der Waals surface area contributed by atoms with E-state index < -0.39 is 0 Å². The van der Waals surface area contributed by atoms with E-state index in [1.54, 1.807) is 0 Å². The highest BCUT2D eigenvalue weighted by Crippen LogP contribution is 2.04. The van der Waals surface area contributed by atoms with Crippen molar-refractivity contribution in [2.45, 2.75) is 20.3 Å². The van der Waals surface area contributed by atoms with Gasteiger partial charge in [-0.15, -0.1) is 0 Å². The van der Waals surface area contributed by atoms with Gasteiger partial charge in [0.1, 0.15) is 0 Å². The Morgan fingerprint density at radius 3 is 2.64 bits per heavy atom. The van der Waals surface area contributed by atoms with E-state index in [2.05, 4.69) is 5.43 Å². The average molecular weight is 156 g/mol. The summed E-state index contributed by atoms with van der Waals surface area (Å²) in [7, 11) is 0. The molecule has 0 aromatic carbocycles. The van der Waals surface area contributed by atoms with Gasteiger partial charge in [0.2, 0.25) is 11.8 Å². The van der Waals surface area contributed by atoms with Crippen LogP contribution in [-0.4, -0.2) is 23.4 Å². The van der Waals surface area contributed by atoms with E-state index in [0.29, 0.717) is 13.0 Å². The molecule has 0 saturated carbocycles. The third-order valence-electron chi connectivity index (χ3n) is 1.58. The lowest BCUT2D eigenvalue weighted by atomic mass is 10.2. The first-order valence-corrected chi connectivity index (χ1v) is 3.72. The van der Waals surface area contributed by atoms with Crippen molar-refractivity contribution < 1.29 is 9.59 Å². The van der Waals surface area contributed by atoms with Crippen molar-refractivity contribution >= 4 is 11.8 Å². The molecule has 0 atom stereocenters. The molecule has 4 nitrogen and oxygen atoms in total. The van der Waals surface area contributed by atoms with Gasteiger partial charge in [-0.05, 0) is 0 Å². The third-order valence-corrected chi connectivity index (χ3v) is 1.58. The Morgan fingerprint density at radius 1 is 1.64 bits per heavy atom. The van der Waals surface area contributed by atoms with Crippen LogP contribution in [0.2, 0.25) is 0 Å². The number of carbonyl (C=O) groups excluding carboxylic acids is 2. The van der Waals surface area contributed by atoms with E-state index in [1.165, 1.54) is 5.01 Å². The maximum Gasteiger partial charge on any atom is 0.243 e. The van der Waals surface area contributed by atoms with Gasteiger partial charge in [-0.1, -0.05) is 13.8 Å². The summed E-state index contributed by atoms with van der Waals surface area (Å²) >= 11 is 0. The zero-order valence-electron chi connectivity index (χ0n) is 6.76. The molecule has 1 aliphatic rings. The van der Waals surface area contributed by atoms with Gasteiger partial charge in [0.25, 0.3) is 0 Å². The van der Waals surface area contributed by atoms with Crippen LogP contribution in [-0.2, 0) is 9.59 Å². The fourth-order valence-electron chi connectivity index (χ4n) is 0.953. The molecule has 1 N–H and O–H groups in total. The summed E-state index contributed by atoms with van der Waals surface area (Å²) in [5.41, 5.74) is 2.48. The number of hydrazine groups is 1. The van der Waals surface area contributed by atoms with Crippen LogP contribution in [0.5, 0.6) is 0 Å². The van der Waals surface area contributed by atoms with E-state index in [-0.39, 0.29) is 17.7 Å². The lowest BCUT2D eigenvalue weighted by molar-refractivity contribution is -0.138. The van der Waals surface area contributed by atoms with Gasteiger partial charge in [0, 0.05) is 12.3 Å². The first kappa shape index (κ1) is 8.04. The highest BCUT2D eigenvalue weighted by molar-refractivity contribution is 5.86. The van der Waals surface area contributed by atoms with E-state index >= 15 is 0 Å². The highest BCUT2D eigenvalue weighted by Gasteiger charge is 2.24. The lowest BCUT2D eigenvalue weighted by Gasteiger charge is -2.16. The predicted molar refractivity (Wildman–Crippen MR) is 39.3 cm³/mol. The summed E-state index contributed by atoms with van der Waals surface area (Å²) in [6, 6.07) is 0. The van der Waals surface area contributed by atoms with Gasteiger partial charge in [0.15, 0.2) is 0 Å². The van der Waals surface area contributed by atoms with Crippen LogP contribution in [0.3, 0.4) is 0 Å². The smallest absolute Gasteiger partial charge is 0.243 e. The van der Waals surface area contributed by atoms with Gasteiger partial charge in [-0.3, -0.25) is 20.0 Å². The van der Waals surface area contributed by atoms with Crippen LogP contribution in [0.25, 0.3) is 0 Å². The van der Waals surface area contributed by atoms with Crippen LogP contribution >= 0.6 is 0 Å². The predicted octanol–water partition coefficient (Wildman–Crippen LogP) is -0.0941. The zero-order valence-corrected chi connectivity index (χ0v) is 6.76. The number of rotatable bonds is 1. The molecule has 0 aliphatic carbocycles. The van der Waals surface area contributed by atoms with Gasteiger partial charge < -0.3 is 0 Å². The van der Waals surface area contributed by atoms with Gasteiger partial charge in [0.05, 0.1) is 6.54 Å². The lowest BCUT2D eigenvalue weighted by Crippen LogP contribution is -2.40. The maximum absolute atomic E-state index is 11.2. The van der Waals surface area contributed by atoms with Crippen LogP contribution < -0.4 is 5.43 Å². The summed E-state index contributed by atoms with van der Waals surface area (Å²) in [6.07, 6.45) is 0.429. The first-order chi connectivity index (χ1) is 5.11. The number of amides is 2. The summed E-state index contributed by atoms with van der Waals surface area (Å²) in [5.74, 6) is -0.136. The Morgan fingerprint density at radius 2 is 2.27 bits per heavy atom. The van der Waals surface area contributed by atoms with Gasteiger partial charge >= 0.3 is 0 Å². The number of nitrogens with zero attached hydrogens (tertiary/aromatic N) is 1. The maximum atomic E-state index is 11.2. The minimum atomic E-state index is -0.0704. The van der Waals surface area contributed by atoms with Crippen molar-refractivity contribution in [3.8, 4) is 0 Å². The first-order valence-electron chi connectivity index (χ1n) is 3.72. The fraction of sp³-hybridized carbons (Fsp3) is 0.714. The normalized spacial score (nSPS) is 17.4. The third kappa shape index (κ3) is 1.69. The Bertz CT molecular complexity index is 189. The van der Waals surface area contributed by atoms with Gasteiger partial charge in [-0.2, -0.15) is 0 Å². The second kappa shape index (κ2) is 2.90. The topological polar surface area (TPSA) is 49.4 Å². The molecule has 0 radical (unpaired) electrons. The Hall–Kier alpha value is -1.06. The quantitative estimate of drug-likeness (QED) is 0.576. The standard InChI is InChI=1S/C7H12N2O2/c1-5(2)7(11)9-4-3-6(10)8-9/h5H,3-4H2,1-2H3,(H,8,10). The van der Waals surface area contributed by atoms with E-state index in [0.717, 1.165) is 0 Å². The van der Waals surface area contributed by atoms with Crippen molar-refractivity contribution in [2.24, 2.45) is 5.92 Å². The number of carbonyl (C=O) groups is 2. The van der Waals surface area contributed by atoms with Gasteiger partial charge in [-0.25, -0.2) is 0 Å². The monoisotopic (exact) mass is 156 g/mol. The molecule has 4 heteroatoms. The van der Waals surface area contributed by atoms with Crippen molar-refractivity contribution in [1.29, 1.82) is 0 Å². The van der Waals surface area contributed by atoms with Crippen LogP contribution in [0.1, 0.15) is 20.3 Å². The molecule has 1 heterocycles. The number of nitrogens with one attached hydrogen (secondary N) is 1. The SMILES string of the molecule is CC(C)C(=O)N1CCC(=O)N1. The van der Waals surface area contributed by atoms with Crippen molar-refractivity contribution in [3.63, 3.8) is 0 Å². The second-order valence-corrected chi connectivity index (χ2v) is 2.93. The molecule has 0 unspecified atom stereocenters. The second-order valence-electron chi connectivity index (χ2n) is 2.93. The van der Waals surface area contributed by atoms with E-state index in [1.807, 2.05) is 13.8 Å². The molecule has 1 aliphatic heterocycles. The molecular weight excluding hydrogens is 144 g/mol. The Kier molecular flexibility index (Phi) is 2.12. The molecule has 0 spiro atoms. The minimum Gasteiger partial charge on any atom is -0.273 e. The molecule has 1 saturated heterocycles. The molecule has 1 rings (SSSR count). The number of hydrogen-bond donors (Lipinski definition) is 1. The van der Waals surface area contributed by atoms with Crippen molar-refractivity contribution in [2.75, 3.05) is 6.54 Å². The molecule has 0 bridgehead atoms. The summed E-state index contributed by atoms with van der Waals surface area (Å²) in [6.45, 7) is 4.13. The molecule has 11 heavy (non-hydrogen) atoms. The molecule has 0 aromatic heterocycles. The zero-order chi connectivity index (χ0) is 8.43. The Labute approximate surface area is 65.5 Å². The average Bonchev–Trinajstić information content (AvgIpc) is 2.34. The summed E-state index contributed by atoms with van der Waals surface area (Å²) in [5, 5.41) is 1.38. The fourth-order valence-corrected chi connectivity index (χ4v) is 0.953. The van der Waals surface area contributed by atoms with Crippen LogP contribution in [0, 0.1) is 5.92 Å². The molecular formula is C7H12N2O2. The molecule has 2 amide bonds. The van der Waals surface area contributed by atoms with Crippen molar-refractivity contribution in [1.82, 2.24) is 10.4 Å². The van der Waals surface area contributed by atoms with Crippen LogP contribution in [0.4, 0.5) is 0 Å². The Balaban J connectivity index is 2.50. The molecule has 62 valence electrons. The minimum absolute atomic E-state index is 0.0177. The summed E-state index contributed by atoms with van der Waals surface area (Å²) < 4.78 is 0. The largest absolute Gasteiger partial charge is 0.273 e. The van der Waals surface area contributed by atoms with E-state index in [9.17, 15) is 9.59 Å². The highest BCUT2D eigenvalue weighted by atomic mass is 16.2. The number of hydrogen-bond acceptors (Lipinski definition) is 2. The molecule has 1 fully saturated rings. The molecule has 0 aromatic rings.